The summed E-state index contributed by atoms with van der Waals surface area (Å²) in [7, 11) is 1.49. The lowest BCUT2D eigenvalue weighted by Crippen LogP contribution is -2.26. The lowest BCUT2D eigenvalue weighted by atomic mass is 10.1. The highest BCUT2D eigenvalue weighted by molar-refractivity contribution is 5.85. The van der Waals surface area contributed by atoms with Gasteiger partial charge in [-0.1, -0.05) is 60.7 Å². The van der Waals surface area contributed by atoms with Crippen molar-refractivity contribution in [2.45, 2.75) is 19.6 Å². The predicted molar refractivity (Wildman–Crippen MR) is 120 cm³/mol. The number of benzene rings is 3. The Balaban J connectivity index is 1.64. The van der Waals surface area contributed by atoms with Gasteiger partial charge in [-0.3, -0.25) is 4.79 Å². The maximum absolute atomic E-state index is 12.4. The molecule has 3 aromatic carbocycles. The molecule has 0 radical (unpaired) electrons. The van der Waals surface area contributed by atoms with Crippen molar-refractivity contribution in [3.8, 4) is 11.5 Å². The van der Waals surface area contributed by atoms with E-state index in [1.165, 1.54) is 7.11 Å². The van der Waals surface area contributed by atoms with Crippen LogP contribution in [0.5, 0.6) is 11.5 Å². The molecular formula is C25H26N2O4. The van der Waals surface area contributed by atoms with Crippen molar-refractivity contribution >= 4 is 12.1 Å². The van der Waals surface area contributed by atoms with E-state index in [1.807, 2.05) is 85.8 Å². The molecule has 0 aliphatic heterocycles. The van der Waals surface area contributed by atoms with Gasteiger partial charge in [-0.2, -0.15) is 5.10 Å². The molecule has 3 rings (SSSR count). The highest BCUT2D eigenvalue weighted by Crippen LogP contribution is 2.29. The van der Waals surface area contributed by atoms with E-state index < -0.39 is 6.10 Å². The Morgan fingerprint density at radius 1 is 0.968 bits per heavy atom. The van der Waals surface area contributed by atoms with Gasteiger partial charge in [0, 0.05) is 7.11 Å². The minimum absolute atomic E-state index is 0.349. The van der Waals surface area contributed by atoms with E-state index in [-0.39, 0.29) is 5.91 Å². The highest BCUT2D eigenvalue weighted by atomic mass is 16.5. The van der Waals surface area contributed by atoms with Crippen LogP contribution < -0.4 is 14.9 Å². The molecule has 1 N–H and O–H groups in total. The minimum atomic E-state index is -0.730. The molecule has 3 aromatic rings. The molecule has 0 fully saturated rings. The number of carbonyl (C=O) groups is 1. The molecule has 0 aliphatic carbocycles. The number of hydrazone groups is 1. The van der Waals surface area contributed by atoms with Gasteiger partial charge in [0.15, 0.2) is 17.6 Å². The predicted octanol–water partition coefficient (Wildman–Crippen LogP) is 4.50. The summed E-state index contributed by atoms with van der Waals surface area (Å²) in [5.41, 5.74) is 5.13. The van der Waals surface area contributed by atoms with E-state index in [0.29, 0.717) is 24.7 Å². The number of methoxy groups -OCH3 is 1. The van der Waals surface area contributed by atoms with E-state index in [2.05, 4.69) is 10.5 Å². The minimum Gasteiger partial charge on any atom is -0.490 e. The Labute approximate surface area is 182 Å². The number of hydrogen-bond donors (Lipinski definition) is 1. The average molecular weight is 418 g/mol. The van der Waals surface area contributed by atoms with Crippen molar-refractivity contribution < 1.29 is 19.0 Å². The molecule has 0 heterocycles. The van der Waals surface area contributed by atoms with Gasteiger partial charge < -0.3 is 14.2 Å². The number of carbonyl (C=O) groups excluding carboxylic acids is 1. The fourth-order valence-electron chi connectivity index (χ4n) is 2.98. The van der Waals surface area contributed by atoms with Crippen LogP contribution in [0.25, 0.3) is 0 Å². The normalized spacial score (nSPS) is 11.8. The molecule has 6 nitrogen and oxygen atoms in total. The SMILES string of the molecule is CCOc1cc(/C=N\NC(=O)[C@@H](OC)c2ccccc2)ccc1OCc1ccccc1. The standard InChI is InChI=1S/C25H26N2O4/c1-3-30-23-16-20(14-15-22(23)31-18-19-10-6-4-7-11-19)17-26-27-25(28)24(29-2)21-12-8-5-9-13-21/h4-17,24H,3,18H2,1-2H3,(H,27,28)/b26-17-/t24-/m0/s1. The summed E-state index contributed by atoms with van der Waals surface area (Å²) < 4.78 is 16.9. The lowest BCUT2D eigenvalue weighted by molar-refractivity contribution is -0.131. The summed E-state index contributed by atoms with van der Waals surface area (Å²) in [4.78, 5) is 12.4. The number of nitrogens with zero attached hydrogens (tertiary/aromatic N) is 1. The zero-order chi connectivity index (χ0) is 21.9. The number of rotatable bonds is 10. The Hall–Kier alpha value is -3.64. The van der Waals surface area contributed by atoms with Crippen LogP contribution in [0.15, 0.2) is 84.0 Å². The van der Waals surface area contributed by atoms with E-state index in [0.717, 1.165) is 16.7 Å². The number of amides is 1. The third-order valence-electron chi connectivity index (χ3n) is 4.47. The highest BCUT2D eigenvalue weighted by Gasteiger charge is 2.19. The third-order valence-corrected chi connectivity index (χ3v) is 4.47. The summed E-state index contributed by atoms with van der Waals surface area (Å²) in [6.45, 7) is 2.87. The largest absolute Gasteiger partial charge is 0.490 e. The van der Waals surface area contributed by atoms with Gasteiger partial charge in [0.05, 0.1) is 12.8 Å². The van der Waals surface area contributed by atoms with Crippen molar-refractivity contribution in [3.63, 3.8) is 0 Å². The van der Waals surface area contributed by atoms with Gasteiger partial charge >= 0.3 is 0 Å². The second-order valence-electron chi connectivity index (χ2n) is 6.67. The maximum Gasteiger partial charge on any atom is 0.273 e. The molecule has 0 unspecified atom stereocenters. The molecule has 0 spiro atoms. The molecule has 0 saturated heterocycles. The fraction of sp³-hybridized carbons (Fsp3) is 0.200. The third kappa shape index (κ3) is 6.42. The Bertz CT molecular complexity index is 991. The molecule has 1 atom stereocenters. The molecule has 0 bridgehead atoms. The Kier molecular flexibility index (Phi) is 8.20. The van der Waals surface area contributed by atoms with Crippen LogP contribution in [0.1, 0.15) is 29.7 Å². The zero-order valence-corrected chi connectivity index (χ0v) is 17.7. The van der Waals surface area contributed by atoms with E-state index in [9.17, 15) is 4.79 Å². The second-order valence-corrected chi connectivity index (χ2v) is 6.67. The second kappa shape index (κ2) is 11.5. The van der Waals surface area contributed by atoms with Gasteiger partial charge in [0.2, 0.25) is 0 Å². The van der Waals surface area contributed by atoms with Gasteiger partial charge in [-0.25, -0.2) is 5.43 Å². The molecule has 0 saturated carbocycles. The van der Waals surface area contributed by atoms with Crippen molar-refractivity contribution in [1.82, 2.24) is 5.43 Å². The summed E-state index contributed by atoms with van der Waals surface area (Å²) in [5, 5.41) is 4.06. The summed E-state index contributed by atoms with van der Waals surface area (Å²) in [6.07, 6.45) is 0.824. The van der Waals surface area contributed by atoms with Crippen LogP contribution in [0, 0.1) is 0 Å². The van der Waals surface area contributed by atoms with Gasteiger partial charge in [0.1, 0.15) is 6.61 Å². The molecule has 160 valence electrons. The molecular weight excluding hydrogens is 392 g/mol. The number of ether oxygens (including phenoxy) is 3. The first-order valence-electron chi connectivity index (χ1n) is 10.1. The smallest absolute Gasteiger partial charge is 0.273 e. The van der Waals surface area contributed by atoms with Gasteiger partial charge in [-0.15, -0.1) is 0 Å². The van der Waals surface area contributed by atoms with Gasteiger partial charge in [-0.05, 0) is 41.8 Å². The molecule has 0 aliphatic rings. The first-order valence-corrected chi connectivity index (χ1v) is 10.1. The summed E-state index contributed by atoms with van der Waals surface area (Å²) >= 11 is 0. The molecule has 1 amide bonds. The molecule has 0 aromatic heterocycles. The van der Waals surface area contributed by atoms with E-state index in [1.54, 1.807) is 6.21 Å². The van der Waals surface area contributed by atoms with E-state index >= 15 is 0 Å². The lowest BCUT2D eigenvalue weighted by Gasteiger charge is -2.14. The molecule has 31 heavy (non-hydrogen) atoms. The first-order chi connectivity index (χ1) is 15.2. The monoisotopic (exact) mass is 418 g/mol. The van der Waals surface area contributed by atoms with Crippen LogP contribution in [0.2, 0.25) is 0 Å². The van der Waals surface area contributed by atoms with E-state index in [4.69, 9.17) is 14.2 Å². The fourth-order valence-corrected chi connectivity index (χ4v) is 2.98. The van der Waals surface area contributed by atoms with Crippen molar-refractivity contribution in [1.29, 1.82) is 0 Å². The number of hydrogen-bond acceptors (Lipinski definition) is 5. The van der Waals surface area contributed by atoms with Crippen LogP contribution in [-0.2, 0) is 16.1 Å². The van der Waals surface area contributed by atoms with Crippen LogP contribution in [0.3, 0.4) is 0 Å². The topological polar surface area (TPSA) is 69.2 Å². The van der Waals surface area contributed by atoms with Crippen LogP contribution in [-0.4, -0.2) is 25.8 Å². The zero-order valence-electron chi connectivity index (χ0n) is 17.7. The number of nitrogens with one attached hydrogen (secondary N) is 1. The van der Waals surface area contributed by atoms with Crippen molar-refractivity contribution in [3.05, 3.63) is 95.6 Å². The maximum atomic E-state index is 12.4. The summed E-state index contributed by atoms with van der Waals surface area (Å²) in [6, 6.07) is 24.7. The quantitative estimate of drug-likeness (QED) is 0.389. The van der Waals surface area contributed by atoms with Gasteiger partial charge in [0.25, 0.3) is 5.91 Å². The van der Waals surface area contributed by atoms with Crippen LogP contribution >= 0.6 is 0 Å². The first kappa shape index (κ1) is 22.1. The average Bonchev–Trinajstić information content (AvgIpc) is 2.81. The van der Waals surface area contributed by atoms with Crippen molar-refractivity contribution in [2.24, 2.45) is 5.10 Å². The Morgan fingerprint density at radius 3 is 2.35 bits per heavy atom. The van der Waals surface area contributed by atoms with Crippen LogP contribution in [0.4, 0.5) is 0 Å². The van der Waals surface area contributed by atoms with Crippen molar-refractivity contribution in [2.75, 3.05) is 13.7 Å². The Morgan fingerprint density at radius 2 is 1.68 bits per heavy atom. The summed E-state index contributed by atoms with van der Waals surface area (Å²) in [5.74, 6) is 0.918. The molecule has 6 heteroatoms.